The van der Waals surface area contributed by atoms with E-state index in [1.807, 2.05) is 0 Å². The molecule has 4 aliphatic rings. The van der Waals surface area contributed by atoms with Crippen LogP contribution in [0, 0.1) is 0 Å². The van der Waals surface area contributed by atoms with Crippen LogP contribution in [-0.2, 0) is 12.8 Å². The van der Waals surface area contributed by atoms with Gasteiger partial charge in [-0.05, 0) is 66.0 Å². The molecule has 4 aliphatic carbocycles. The first-order chi connectivity index (χ1) is 15.8. The van der Waals surface area contributed by atoms with E-state index < -0.39 is 6.10 Å². The molecule has 3 aromatic carbocycles. The number of aliphatic hydroxyl groups excluding tert-OH is 1. The van der Waals surface area contributed by atoms with Gasteiger partial charge in [-0.15, -0.1) is 12.4 Å². The minimum atomic E-state index is -0.518. The third kappa shape index (κ3) is 4.19. The Hall–Kier alpha value is -2.33. The van der Waals surface area contributed by atoms with Crippen LogP contribution in [0.3, 0.4) is 0 Å². The number of aryl methyl sites for hydroxylation is 1. The molecule has 0 amide bonds. The van der Waals surface area contributed by atoms with E-state index in [0.29, 0.717) is 31.0 Å². The second kappa shape index (κ2) is 9.50. The van der Waals surface area contributed by atoms with Gasteiger partial charge >= 0.3 is 0 Å². The molecule has 0 spiro atoms. The van der Waals surface area contributed by atoms with Crippen molar-refractivity contribution < 1.29 is 9.84 Å². The molecule has 4 heteroatoms. The maximum Gasteiger partial charge on any atom is 0.123 e. The van der Waals surface area contributed by atoms with Crippen LogP contribution in [0.25, 0.3) is 0 Å². The number of halogens is 1. The molecule has 172 valence electrons. The minimum Gasteiger partial charge on any atom is -0.491 e. The van der Waals surface area contributed by atoms with E-state index in [4.69, 9.17) is 4.74 Å². The summed E-state index contributed by atoms with van der Waals surface area (Å²) in [6.07, 6.45) is 5.16. The lowest BCUT2D eigenvalue weighted by molar-refractivity contribution is 0.102. The zero-order valence-electron chi connectivity index (χ0n) is 18.9. The van der Waals surface area contributed by atoms with Crippen molar-refractivity contribution in [3.63, 3.8) is 0 Å². The summed E-state index contributed by atoms with van der Waals surface area (Å²) in [7, 11) is 0. The standard InChI is InChI=1S/C29H31NO2.ClH/c31-22(17-30-21-13-12-19-6-1-2-7-20(19)16-21)18-32-28-11-5-10-26-25-14-15-27(29(26)28)24-9-4-3-8-23(24)25;/h1-11,21-22,25,27,30-31H,12-18H2;1H. The summed E-state index contributed by atoms with van der Waals surface area (Å²) in [4.78, 5) is 0. The van der Waals surface area contributed by atoms with Crippen LogP contribution >= 0.6 is 12.4 Å². The Morgan fingerprint density at radius 3 is 2.36 bits per heavy atom. The van der Waals surface area contributed by atoms with Gasteiger partial charge in [-0.1, -0.05) is 60.7 Å². The maximum absolute atomic E-state index is 10.6. The SMILES string of the molecule is Cl.OC(CNC1CCc2ccccc2C1)COc1cccc2c1C1CCC2c2ccccc21. The number of fused-ring (bicyclic) bond motifs is 2. The van der Waals surface area contributed by atoms with Crippen LogP contribution in [0.2, 0.25) is 0 Å². The molecule has 0 saturated heterocycles. The van der Waals surface area contributed by atoms with Gasteiger partial charge in [0.15, 0.2) is 0 Å². The molecule has 2 N–H and O–H groups in total. The van der Waals surface area contributed by atoms with Crippen LogP contribution in [0.1, 0.15) is 64.5 Å². The number of ether oxygens (including phenoxy) is 1. The number of hydrogen-bond donors (Lipinski definition) is 2. The van der Waals surface area contributed by atoms with Gasteiger partial charge in [0, 0.05) is 30.0 Å². The van der Waals surface area contributed by atoms with Crippen LogP contribution in [-0.4, -0.2) is 30.4 Å². The fraction of sp³-hybridized carbons (Fsp3) is 0.379. The van der Waals surface area contributed by atoms with Crippen molar-refractivity contribution in [2.24, 2.45) is 0 Å². The predicted octanol–water partition coefficient (Wildman–Crippen LogP) is 5.37. The van der Waals surface area contributed by atoms with Crippen molar-refractivity contribution in [3.05, 3.63) is 100 Å². The smallest absolute Gasteiger partial charge is 0.123 e. The Morgan fingerprint density at radius 1 is 0.818 bits per heavy atom. The van der Waals surface area contributed by atoms with Crippen molar-refractivity contribution in [3.8, 4) is 5.75 Å². The molecule has 0 radical (unpaired) electrons. The molecular formula is C29H32ClNO2. The quantitative estimate of drug-likeness (QED) is 0.518. The average Bonchev–Trinajstić information content (AvgIpc) is 2.86. The van der Waals surface area contributed by atoms with Crippen molar-refractivity contribution in [2.75, 3.05) is 13.2 Å². The van der Waals surface area contributed by atoms with E-state index in [9.17, 15) is 5.11 Å². The highest BCUT2D eigenvalue weighted by Gasteiger charge is 2.38. The first-order valence-electron chi connectivity index (χ1n) is 12.1. The molecule has 0 heterocycles. The van der Waals surface area contributed by atoms with E-state index in [1.54, 1.807) is 0 Å². The molecule has 7 rings (SSSR count). The Morgan fingerprint density at radius 2 is 1.52 bits per heavy atom. The van der Waals surface area contributed by atoms with Gasteiger partial charge in [-0.3, -0.25) is 0 Å². The number of hydrogen-bond acceptors (Lipinski definition) is 3. The van der Waals surface area contributed by atoms with Gasteiger partial charge in [0.2, 0.25) is 0 Å². The summed E-state index contributed by atoms with van der Waals surface area (Å²) in [5.41, 5.74) is 8.64. The Bertz CT molecular complexity index is 1130. The molecule has 2 bridgehead atoms. The topological polar surface area (TPSA) is 41.5 Å². The van der Waals surface area contributed by atoms with Crippen molar-refractivity contribution in [1.29, 1.82) is 0 Å². The normalized spacial score (nSPS) is 23.0. The molecular weight excluding hydrogens is 430 g/mol. The molecule has 0 saturated carbocycles. The molecule has 0 fully saturated rings. The second-order valence-electron chi connectivity index (χ2n) is 9.65. The molecule has 0 aliphatic heterocycles. The van der Waals surface area contributed by atoms with Crippen molar-refractivity contribution in [1.82, 2.24) is 5.32 Å². The second-order valence-corrected chi connectivity index (χ2v) is 9.65. The predicted molar refractivity (Wildman–Crippen MR) is 135 cm³/mol. The van der Waals surface area contributed by atoms with Crippen LogP contribution in [0.5, 0.6) is 5.75 Å². The molecule has 4 unspecified atom stereocenters. The number of rotatable bonds is 6. The van der Waals surface area contributed by atoms with Crippen molar-refractivity contribution >= 4 is 12.4 Å². The van der Waals surface area contributed by atoms with Crippen molar-refractivity contribution in [2.45, 2.75) is 56.1 Å². The van der Waals surface area contributed by atoms with E-state index >= 15 is 0 Å². The molecule has 3 aromatic rings. The number of nitrogens with one attached hydrogen (secondary N) is 1. The maximum atomic E-state index is 10.6. The third-order valence-electron chi connectivity index (χ3n) is 7.73. The van der Waals surface area contributed by atoms with E-state index in [2.05, 4.69) is 72.0 Å². The molecule has 3 nitrogen and oxygen atoms in total. The lowest BCUT2D eigenvalue weighted by Crippen LogP contribution is -2.41. The third-order valence-corrected chi connectivity index (χ3v) is 7.73. The summed E-state index contributed by atoms with van der Waals surface area (Å²) in [5.74, 6) is 1.85. The Labute approximate surface area is 202 Å². The monoisotopic (exact) mass is 461 g/mol. The van der Waals surface area contributed by atoms with E-state index in [-0.39, 0.29) is 12.4 Å². The summed E-state index contributed by atoms with van der Waals surface area (Å²) in [5, 5.41) is 14.2. The lowest BCUT2D eigenvalue weighted by atomic mass is 9.63. The van der Waals surface area contributed by atoms with Gasteiger partial charge in [0.05, 0.1) is 0 Å². The highest BCUT2D eigenvalue weighted by atomic mass is 35.5. The summed E-state index contributed by atoms with van der Waals surface area (Å²) in [6.45, 7) is 0.891. The Balaban J connectivity index is 0.00000228. The summed E-state index contributed by atoms with van der Waals surface area (Å²) >= 11 is 0. The number of benzene rings is 3. The number of aliphatic hydroxyl groups is 1. The largest absolute Gasteiger partial charge is 0.491 e. The fourth-order valence-electron chi connectivity index (χ4n) is 6.20. The van der Waals surface area contributed by atoms with Crippen LogP contribution in [0.15, 0.2) is 66.7 Å². The van der Waals surface area contributed by atoms with Crippen LogP contribution < -0.4 is 10.1 Å². The zero-order valence-corrected chi connectivity index (χ0v) is 19.7. The first kappa shape index (κ1) is 22.5. The van der Waals surface area contributed by atoms with Gasteiger partial charge in [0.1, 0.15) is 18.5 Å². The minimum absolute atomic E-state index is 0. The van der Waals surface area contributed by atoms with E-state index in [0.717, 1.165) is 25.0 Å². The summed E-state index contributed by atoms with van der Waals surface area (Å²) < 4.78 is 6.24. The fourth-order valence-corrected chi connectivity index (χ4v) is 6.20. The highest BCUT2D eigenvalue weighted by Crippen LogP contribution is 2.55. The molecule has 33 heavy (non-hydrogen) atoms. The summed E-state index contributed by atoms with van der Waals surface area (Å²) in [6, 6.07) is 24.5. The molecule has 0 aromatic heterocycles. The average molecular weight is 462 g/mol. The highest BCUT2D eigenvalue weighted by molar-refractivity contribution is 5.85. The lowest BCUT2D eigenvalue weighted by Gasteiger charge is -2.41. The molecule has 4 atom stereocenters. The zero-order chi connectivity index (χ0) is 21.5. The van der Waals surface area contributed by atoms with Gasteiger partial charge in [-0.2, -0.15) is 0 Å². The van der Waals surface area contributed by atoms with Crippen LogP contribution in [0.4, 0.5) is 0 Å². The Kier molecular flexibility index (Phi) is 6.47. The van der Waals surface area contributed by atoms with Gasteiger partial charge in [0.25, 0.3) is 0 Å². The van der Waals surface area contributed by atoms with Gasteiger partial charge in [-0.25, -0.2) is 0 Å². The van der Waals surface area contributed by atoms with E-state index in [1.165, 1.54) is 46.2 Å². The first-order valence-corrected chi connectivity index (χ1v) is 12.1. The van der Waals surface area contributed by atoms with Gasteiger partial charge < -0.3 is 15.2 Å².